The van der Waals surface area contributed by atoms with Crippen molar-refractivity contribution in [3.05, 3.63) is 96.1 Å². The zero-order valence-electron chi connectivity index (χ0n) is 15.8. The Morgan fingerprint density at radius 3 is 1.45 bits per heavy atom. The Balaban J connectivity index is 1.30. The molecule has 0 bridgehead atoms. The Bertz CT molecular complexity index is 1080. The van der Waals surface area contributed by atoms with Gasteiger partial charge in [-0.15, -0.1) is 0 Å². The molecule has 0 heterocycles. The van der Waals surface area contributed by atoms with Crippen LogP contribution < -0.4 is 0 Å². The smallest absolute Gasteiger partial charge is 0.338 e. The van der Waals surface area contributed by atoms with Gasteiger partial charge in [0.05, 0.1) is 24.3 Å². The molecule has 4 rings (SSSR count). The number of hydrogen-bond donors (Lipinski definition) is 0. The number of benzene rings is 4. The van der Waals surface area contributed by atoms with Crippen LogP contribution in [0.25, 0.3) is 21.5 Å². The lowest BCUT2D eigenvalue weighted by molar-refractivity contribution is 0.0398. The summed E-state index contributed by atoms with van der Waals surface area (Å²) < 4.78 is 10.7. The molecule has 0 aromatic heterocycles. The first kappa shape index (κ1) is 18.7. The molecule has 4 nitrogen and oxygen atoms in total. The molecule has 0 fully saturated rings. The molecule has 0 aliphatic rings. The van der Waals surface area contributed by atoms with Crippen molar-refractivity contribution in [2.24, 2.45) is 0 Å². The molecule has 29 heavy (non-hydrogen) atoms. The molecule has 0 aliphatic heterocycles. The lowest BCUT2D eigenvalue weighted by Gasteiger charge is -2.09. The Morgan fingerprint density at radius 2 is 0.966 bits per heavy atom. The summed E-state index contributed by atoms with van der Waals surface area (Å²) >= 11 is 0. The van der Waals surface area contributed by atoms with E-state index in [0.29, 0.717) is 17.5 Å². The van der Waals surface area contributed by atoms with Crippen LogP contribution in [0.15, 0.2) is 84.9 Å². The van der Waals surface area contributed by atoms with E-state index in [-0.39, 0.29) is 25.2 Å². The number of fused-ring (bicyclic) bond motifs is 2. The number of ether oxygens (including phenoxy) is 2. The maximum absolute atomic E-state index is 12.4. The fourth-order valence-corrected chi connectivity index (χ4v) is 3.35. The van der Waals surface area contributed by atoms with Crippen LogP contribution in [0.3, 0.4) is 0 Å². The molecule has 0 saturated carbocycles. The third-order valence-electron chi connectivity index (χ3n) is 4.77. The average molecular weight is 384 g/mol. The minimum atomic E-state index is -0.373. The van der Waals surface area contributed by atoms with Crippen LogP contribution in [0.5, 0.6) is 0 Å². The van der Waals surface area contributed by atoms with Gasteiger partial charge in [0.2, 0.25) is 0 Å². The maximum atomic E-state index is 12.4. The highest BCUT2D eigenvalue weighted by Crippen LogP contribution is 2.20. The molecule has 4 heteroatoms. The highest BCUT2D eigenvalue weighted by Gasteiger charge is 2.12. The van der Waals surface area contributed by atoms with Gasteiger partial charge < -0.3 is 9.47 Å². The van der Waals surface area contributed by atoms with Gasteiger partial charge in [0.15, 0.2) is 0 Å². The van der Waals surface area contributed by atoms with E-state index in [0.717, 1.165) is 21.5 Å². The van der Waals surface area contributed by atoms with Crippen molar-refractivity contribution in [2.75, 3.05) is 13.2 Å². The topological polar surface area (TPSA) is 52.6 Å². The van der Waals surface area contributed by atoms with Crippen molar-refractivity contribution < 1.29 is 19.1 Å². The van der Waals surface area contributed by atoms with E-state index in [1.807, 2.05) is 72.8 Å². The second-order valence-corrected chi connectivity index (χ2v) is 6.68. The molecule has 0 unspecified atom stereocenters. The van der Waals surface area contributed by atoms with Gasteiger partial charge in [-0.05, 0) is 33.7 Å². The lowest BCUT2D eigenvalue weighted by atomic mass is 10.0. The zero-order chi connectivity index (χ0) is 20.1. The fraction of sp³-hybridized carbons (Fsp3) is 0.120. The van der Waals surface area contributed by atoms with E-state index in [9.17, 15) is 9.59 Å². The predicted molar refractivity (Wildman–Crippen MR) is 113 cm³/mol. The monoisotopic (exact) mass is 384 g/mol. The van der Waals surface area contributed by atoms with E-state index in [1.165, 1.54) is 0 Å². The summed E-state index contributed by atoms with van der Waals surface area (Å²) in [5.41, 5.74) is 1.08. The van der Waals surface area contributed by atoms with E-state index < -0.39 is 0 Å². The molecular formula is C25H20O4. The molecule has 0 saturated heterocycles. The second-order valence-electron chi connectivity index (χ2n) is 6.68. The first-order valence-electron chi connectivity index (χ1n) is 9.54. The summed E-state index contributed by atoms with van der Waals surface area (Å²) in [5.74, 6) is -0.746. The third-order valence-corrected chi connectivity index (χ3v) is 4.77. The van der Waals surface area contributed by atoms with Crippen LogP contribution in [0.1, 0.15) is 27.1 Å². The molecule has 0 atom stereocenters. The largest absolute Gasteiger partial charge is 0.462 e. The van der Waals surface area contributed by atoms with Crippen molar-refractivity contribution in [2.45, 2.75) is 6.42 Å². The van der Waals surface area contributed by atoms with Crippen molar-refractivity contribution in [1.82, 2.24) is 0 Å². The molecular weight excluding hydrogens is 364 g/mol. The average Bonchev–Trinajstić information content (AvgIpc) is 2.77. The first-order chi connectivity index (χ1) is 14.2. The van der Waals surface area contributed by atoms with E-state index in [1.54, 1.807) is 12.1 Å². The van der Waals surface area contributed by atoms with Crippen molar-refractivity contribution in [1.29, 1.82) is 0 Å². The molecule has 0 aliphatic carbocycles. The highest BCUT2D eigenvalue weighted by atomic mass is 16.5. The van der Waals surface area contributed by atoms with Gasteiger partial charge >= 0.3 is 11.9 Å². The van der Waals surface area contributed by atoms with Gasteiger partial charge in [0, 0.05) is 6.42 Å². The summed E-state index contributed by atoms with van der Waals surface area (Å²) in [5, 5.41) is 3.71. The normalized spacial score (nSPS) is 10.8. The minimum Gasteiger partial charge on any atom is -0.462 e. The van der Waals surface area contributed by atoms with E-state index >= 15 is 0 Å². The van der Waals surface area contributed by atoms with Crippen molar-refractivity contribution in [3.8, 4) is 0 Å². The first-order valence-corrected chi connectivity index (χ1v) is 9.54. The summed E-state index contributed by atoms with van der Waals surface area (Å²) in [7, 11) is 0. The summed E-state index contributed by atoms with van der Waals surface area (Å²) in [6.07, 6.45) is 0.438. The van der Waals surface area contributed by atoms with Gasteiger partial charge in [-0.1, -0.05) is 72.8 Å². The van der Waals surface area contributed by atoms with E-state index in [2.05, 4.69) is 0 Å². The maximum Gasteiger partial charge on any atom is 0.338 e. The molecule has 4 aromatic rings. The molecule has 0 radical (unpaired) electrons. The summed E-state index contributed by atoms with van der Waals surface area (Å²) in [4.78, 5) is 24.8. The molecule has 144 valence electrons. The standard InChI is InChI=1S/C25H20O4/c26-24(22-14-5-10-18-8-1-3-12-20(18)22)28-16-7-17-29-25(27)23-15-6-11-19-9-2-4-13-21(19)23/h1-6,8-15H,7,16-17H2. The fourth-order valence-electron chi connectivity index (χ4n) is 3.35. The number of rotatable bonds is 6. The molecule has 0 N–H and O–H groups in total. The van der Waals surface area contributed by atoms with Gasteiger partial charge in [0.25, 0.3) is 0 Å². The predicted octanol–water partition coefficient (Wildman–Crippen LogP) is 5.40. The summed E-state index contributed by atoms with van der Waals surface area (Å²) in [6.45, 7) is 0.371. The molecule has 4 aromatic carbocycles. The Morgan fingerprint density at radius 1 is 0.552 bits per heavy atom. The van der Waals surface area contributed by atoms with Crippen LogP contribution >= 0.6 is 0 Å². The highest BCUT2D eigenvalue weighted by molar-refractivity contribution is 6.05. The van der Waals surface area contributed by atoms with Crippen LogP contribution in [0.2, 0.25) is 0 Å². The second kappa shape index (κ2) is 8.57. The van der Waals surface area contributed by atoms with Crippen LogP contribution in [-0.4, -0.2) is 25.2 Å². The minimum absolute atomic E-state index is 0.185. The van der Waals surface area contributed by atoms with Crippen molar-refractivity contribution in [3.63, 3.8) is 0 Å². The van der Waals surface area contributed by atoms with Gasteiger partial charge in [-0.2, -0.15) is 0 Å². The van der Waals surface area contributed by atoms with Gasteiger partial charge in [-0.25, -0.2) is 9.59 Å². The third kappa shape index (κ3) is 4.11. The van der Waals surface area contributed by atoms with Crippen LogP contribution in [-0.2, 0) is 9.47 Å². The number of carbonyl (C=O) groups is 2. The number of carbonyl (C=O) groups excluding carboxylic acids is 2. The molecule has 0 amide bonds. The van der Waals surface area contributed by atoms with Gasteiger partial charge in [0.1, 0.15) is 0 Å². The number of esters is 2. The van der Waals surface area contributed by atoms with Crippen LogP contribution in [0, 0.1) is 0 Å². The van der Waals surface area contributed by atoms with Crippen molar-refractivity contribution >= 4 is 33.5 Å². The number of hydrogen-bond acceptors (Lipinski definition) is 4. The van der Waals surface area contributed by atoms with E-state index in [4.69, 9.17) is 9.47 Å². The zero-order valence-corrected chi connectivity index (χ0v) is 15.8. The molecule has 0 spiro atoms. The lowest BCUT2D eigenvalue weighted by Crippen LogP contribution is -2.11. The Kier molecular flexibility index (Phi) is 5.52. The van der Waals surface area contributed by atoms with Crippen LogP contribution in [0.4, 0.5) is 0 Å². The SMILES string of the molecule is O=C(OCCCOC(=O)c1cccc2ccccc12)c1cccc2ccccc12. The Labute approximate surface area is 168 Å². The van der Waals surface area contributed by atoms with Gasteiger partial charge in [-0.3, -0.25) is 0 Å². The Hall–Kier alpha value is -3.66. The quantitative estimate of drug-likeness (QED) is 0.330. The summed E-state index contributed by atoms with van der Waals surface area (Å²) in [6, 6.07) is 26.5.